The molecule has 7 nitrogen and oxygen atoms in total. The van der Waals surface area contributed by atoms with Gasteiger partial charge in [0.25, 0.3) is 5.91 Å². The van der Waals surface area contributed by atoms with Gasteiger partial charge in [0.15, 0.2) is 11.6 Å². The topological polar surface area (TPSA) is 95.3 Å². The molecule has 0 saturated carbocycles. The number of hydrogen-bond donors (Lipinski definition) is 4. The molecule has 1 aliphatic heterocycles. The summed E-state index contributed by atoms with van der Waals surface area (Å²) in [6.45, 7) is 3.83. The van der Waals surface area contributed by atoms with Gasteiger partial charge in [-0.15, -0.1) is 0 Å². The van der Waals surface area contributed by atoms with Crippen LogP contribution in [0.25, 0.3) is 0 Å². The number of carbonyl (C=O) groups is 1. The number of pyridine rings is 1. The summed E-state index contributed by atoms with van der Waals surface area (Å²) in [5.74, 6) is -2.06. The Labute approximate surface area is 184 Å². The second kappa shape index (κ2) is 9.61. The Bertz CT molecular complexity index is 1100. The molecule has 0 spiro atoms. The van der Waals surface area contributed by atoms with Gasteiger partial charge >= 0.3 is 0 Å². The van der Waals surface area contributed by atoms with Crippen LogP contribution in [-0.4, -0.2) is 37.1 Å². The lowest BCUT2D eigenvalue weighted by Crippen LogP contribution is -2.43. The van der Waals surface area contributed by atoms with Gasteiger partial charge in [-0.3, -0.25) is 4.79 Å². The summed E-state index contributed by atoms with van der Waals surface area (Å²) in [5, 5.41) is 9.48. The van der Waals surface area contributed by atoms with Crippen LogP contribution in [0.2, 0.25) is 0 Å². The fraction of sp³-hybridized carbons (Fsp3) is 0.217. The maximum absolute atomic E-state index is 14.0. The average molecular weight is 438 g/mol. The van der Waals surface area contributed by atoms with Crippen molar-refractivity contribution >= 4 is 28.8 Å². The van der Waals surface area contributed by atoms with Crippen molar-refractivity contribution in [2.75, 3.05) is 41.7 Å². The van der Waals surface area contributed by atoms with Crippen molar-refractivity contribution < 1.29 is 13.6 Å². The van der Waals surface area contributed by atoms with Crippen molar-refractivity contribution in [1.82, 2.24) is 10.3 Å². The maximum Gasteiger partial charge on any atom is 0.252 e. The average Bonchev–Trinajstić information content (AvgIpc) is 2.81. The molecule has 1 aromatic heterocycles. The highest BCUT2D eigenvalue weighted by Crippen LogP contribution is 2.24. The van der Waals surface area contributed by atoms with Gasteiger partial charge in [-0.25, -0.2) is 13.8 Å². The number of piperazine rings is 1. The molecule has 1 amide bonds. The van der Waals surface area contributed by atoms with Crippen LogP contribution in [-0.2, 0) is 6.54 Å². The van der Waals surface area contributed by atoms with E-state index < -0.39 is 17.5 Å². The van der Waals surface area contributed by atoms with E-state index in [4.69, 9.17) is 5.73 Å². The summed E-state index contributed by atoms with van der Waals surface area (Å²) in [4.78, 5) is 18.4. The number of nitrogens with one attached hydrogen (secondary N) is 3. The zero-order valence-corrected chi connectivity index (χ0v) is 17.4. The highest BCUT2D eigenvalue weighted by molar-refractivity contribution is 5.98. The standard InChI is InChI=1S/C23H24F2N6O/c24-19-3-1-2-15(22(19)25)13-28-20-12-21(29-14-18(20)23(26)32)30-16-4-6-17(7-5-16)31-10-8-27-9-11-31/h1-7,12,14,27H,8-11,13H2,(H2,26,32)(H2,28,29,30). The van der Waals surface area contributed by atoms with Crippen molar-refractivity contribution in [2.45, 2.75) is 6.54 Å². The Morgan fingerprint density at radius 3 is 2.59 bits per heavy atom. The van der Waals surface area contributed by atoms with E-state index in [9.17, 15) is 13.6 Å². The van der Waals surface area contributed by atoms with E-state index >= 15 is 0 Å². The number of benzene rings is 2. The Morgan fingerprint density at radius 1 is 1.12 bits per heavy atom. The second-order valence-electron chi connectivity index (χ2n) is 7.45. The van der Waals surface area contributed by atoms with Gasteiger partial charge in [-0.1, -0.05) is 12.1 Å². The number of anilines is 4. The van der Waals surface area contributed by atoms with Crippen molar-refractivity contribution in [3.05, 3.63) is 77.5 Å². The molecule has 32 heavy (non-hydrogen) atoms. The Kier molecular flexibility index (Phi) is 6.46. The lowest BCUT2D eigenvalue weighted by Gasteiger charge is -2.29. The fourth-order valence-electron chi connectivity index (χ4n) is 3.57. The summed E-state index contributed by atoms with van der Waals surface area (Å²) in [7, 11) is 0. The van der Waals surface area contributed by atoms with E-state index in [1.807, 2.05) is 24.3 Å². The number of nitrogens with two attached hydrogens (primary N) is 1. The number of rotatable bonds is 7. The third-order valence-electron chi connectivity index (χ3n) is 5.29. The minimum atomic E-state index is -0.933. The monoisotopic (exact) mass is 438 g/mol. The van der Waals surface area contributed by atoms with Crippen LogP contribution in [0.5, 0.6) is 0 Å². The first kappa shape index (κ1) is 21.5. The Morgan fingerprint density at radius 2 is 1.88 bits per heavy atom. The molecule has 3 aromatic rings. The SMILES string of the molecule is NC(=O)c1cnc(Nc2ccc(N3CCNCC3)cc2)cc1NCc1cccc(F)c1F. The zero-order chi connectivity index (χ0) is 22.5. The number of hydrogen-bond acceptors (Lipinski definition) is 6. The van der Waals surface area contributed by atoms with Crippen LogP contribution in [0, 0.1) is 11.6 Å². The molecule has 4 rings (SSSR count). The molecule has 5 N–H and O–H groups in total. The van der Waals surface area contributed by atoms with E-state index in [0.717, 1.165) is 43.6 Å². The lowest BCUT2D eigenvalue weighted by atomic mass is 10.1. The first-order valence-corrected chi connectivity index (χ1v) is 10.3. The predicted molar refractivity (Wildman–Crippen MR) is 121 cm³/mol. The third kappa shape index (κ3) is 4.94. The molecule has 0 atom stereocenters. The number of amides is 1. The first-order valence-electron chi connectivity index (χ1n) is 10.3. The van der Waals surface area contributed by atoms with Crippen LogP contribution in [0.3, 0.4) is 0 Å². The van der Waals surface area contributed by atoms with Gasteiger partial charge in [0.05, 0.1) is 11.3 Å². The summed E-state index contributed by atoms with van der Waals surface area (Å²) in [6, 6.07) is 13.5. The minimum absolute atomic E-state index is 0.0211. The van der Waals surface area contributed by atoms with Crippen molar-refractivity contribution in [3.63, 3.8) is 0 Å². The number of primary amides is 1. The molecule has 1 fully saturated rings. The minimum Gasteiger partial charge on any atom is -0.380 e. The van der Waals surface area contributed by atoms with Crippen LogP contribution in [0.15, 0.2) is 54.7 Å². The van der Waals surface area contributed by atoms with E-state index in [1.165, 1.54) is 18.3 Å². The molecule has 0 aliphatic carbocycles. The number of carbonyl (C=O) groups excluding carboxylic acids is 1. The molecule has 166 valence electrons. The molecule has 0 bridgehead atoms. The molecule has 1 aliphatic rings. The molecule has 1 saturated heterocycles. The van der Waals surface area contributed by atoms with Gasteiger partial charge in [-0.2, -0.15) is 0 Å². The smallest absolute Gasteiger partial charge is 0.252 e. The number of aromatic nitrogens is 1. The summed E-state index contributed by atoms with van der Waals surface area (Å²) in [6.07, 6.45) is 1.35. The van der Waals surface area contributed by atoms with Gasteiger partial charge in [0.1, 0.15) is 5.82 Å². The van der Waals surface area contributed by atoms with Crippen LogP contribution >= 0.6 is 0 Å². The highest BCUT2D eigenvalue weighted by atomic mass is 19.2. The number of nitrogens with zero attached hydrogens (tertiary/aromatic N) is 2. The molecule has 2 heterocycles. The quantitative estimate of drug-likeness (QED) is 0.453. The summed E-state index contributed by atoms with van der Waals surface area (Å²) >= 11 is 0. The van der Waals surface area contributed by atoms with Crippen molar-refractivity contribution in [2.24, 2.45) is 5.73 Å². The molecular weight excluding hydrogens is 414 g/mol. The molecule has 0 unspecified atom stereocenters. The van der Waals surface area contributed by atoms with Crippen LogP contribution in [0.4, 0.5) is 31.7 Å². The lowest BCUT2D eigenvalue weighted by molar-refractivity contribution is 0.100. The van der Waals surface area contributed by atoms with E-state index in [1.54, 1.807) is 6.07 Å². The van der Waals surface area contributed by atoms with E-state index in [2.05, 4.69) is 25.8 Å². The summed E-state index contributed by atoms with van der Waals surface area (Å²) in [5.41, 5.74) is 8.08. The Hall–Kier alpha value is -3.72. The second-order valence-corrected chi connectivity index (χ2v) is 7.45. The largest absolute Gasteiger partial charge is 0.380 e. The fourth-order valence-corrected chi connectivity index (χ4v) is 3.57. The van der Waals surface area contributed by atoms with E-state index in [0.29, 0.717) is 11.5 Å². The van der Waals surface area contributed by atoms with Crippen molar-refractivity contribution in [1.29, 1.82) is 0 Å². The van der Waals surface area contributed by atoms with Gasteiger partial charge in [0.2, 0.25) is 0 Å². The first-order chi connectivity index (χ1) is 15.5. The highest BCUT2D eigenvalue weighted by Gasteiger charge is 2.14. The molecular formula is C23H24F2N6O. The predicted octanol–water partition coefficient (Wildman–Crippen LogP) is 3.22. The molecule has 2 aromatic carbocycles. The van der Waals surface area contributed by atoms with E-state index in [-0.39, 0.29) is 17.7 Å². The Balaban J connectivity index is 1.49. The molecule has 9 heteroatoms. The molecule has 0 radical (unpaired) electrons. The van der Waals surface area contributed by atoms with Gasteiger partial charge < -0.3 is 26.6 Å². The normalized spacial score (nSPS) is 13.6. The van der Waals surface area contributed by atoms with Gasteiger partial charge in [-0.05, 0) is 30.3 Å². The maximum atomic E-state index is 14.0. The van der Waals surface area contributed by atoms with Crippen molar-refractivity contribution in [3.8, 4) is 0 Å². The zero-order valence-electron chi connectivity index (χ0n) is 17.4. The third-order valence-corrected chi connectivity index (χ3v) is 5.29. The van der Waals surface area contributed by atoms with Crippen LogP contribution < -0.4 is 26.6 Å². The van der Waals surface area contributed by atoms with Crippen LogP contribution in [0.1, 0.15) is 15.9 Å². The number of halogens is 2. The van der Waals surface area contributed by atoms with Gasteiger partial charge in [0, 0.05) is 61.9 Å². The summed E-state index contributed by atoms with van der Waals surface area (Å²) < 4.78 is 27.4.